The molecule has 2 heterocycles. The summed E-state index contributed by atoms with van der Waals surface area (Å²) in [5.74, 6) is -1.36. The molecule has 1 unspecified atom stereocenters. The molecule has 2 aromatic rings. The van der Waals surface area contributed by atoms with Gasteiger partial charge in [-0.25, -0.2) is 9.37 Å². The van der Waals surface area contributed by atoms with Gasteiger partial charge < -0.3 is 0 Å². The Morgan fingerprint density at radius 2 is 2.09 bits per heavy atom. The third kappa shape index (κ3) is 2.18. The summed E-state index contributed by atoms with van der Waals surface area (Å²) < 4.78 is 14.4. The highest BCUT2D eigenvalue weighted by Crippen LogP contribution is 2.25. The zero-order valence-electron chi connectivity index (χ0n) is 11.9. The fourth-order valence-corrected chi connectivity index (χ4v) is 2.71. The molecule has 2 amide bonds. The average Bonchev–Trinajstić information content (AvgIpc) is 2.58. The molecule has 0 aliphatic carbocycles. The smallest absolute Gasteiger partial charge is 0.262 e. The molecule has 1 N–H and O–H groups in total. The van der Waals surface area contributed by atoms with Gasteiger partial charge >= 0.3 is 0 Å². The Bertz CT molecular complexity index is 846. The molecule has 114 valence electrons. The Labute approximate surface area is 125 Å². The normalized spacial score (nSPS) is 22.5. The summed E-state index contributed by atoms with van der Waals surface area (Å²) >= 11 is 0. The van der Waals surface area contributed by atoms with E-state index in [4.69, 9.17) is 0 Å². The van der Waals surface area contributed by atoms with Crippen LogP contribution in [-0.2, 0) is 15.1 Å². The van der Waals surface area contributed by atoms with Crippen molar-refractivity contribution in [3.05, 3.63) is 40.7 Å². The van der Waals surface area contributed by atoms with E-state index in [1.807, 2.05) is 0 Å². The standard InChI is InChI=1S/C15H14FN3O3/c1-15(6-2-3-12(20)18-14(15)22)19-8-17-11-7-9(16)4-5-10(11)13(19)21/h4-5,7-8H,2-3,6H2,1H3,(H,18,20,22). The number of carbonyl (C=O) groups is 2. The molecule has 1 saturated heterocycles. The van der Waals surface area contributed by atoms with Crippen molar-refractivity contribution in [3.63, 3.8) is 0 Å². The maximum atomic E-state index is 13.2. The van der Waals surface area contributed by atoms with Gasteiger partial charge in [0.1, 0.15) is 11.4 Å². The first-order chi connectivity index (χ1) is 10.4. The molecule has 1 atom stereocenters. The summed E-state index contributed by atoms with van der Waals surface area (Å²) in [6, 6.07) is 3.69. The van der Waals surface area contributed by atoms with Gasteiger partial charge in [0, 0.05) is 12.5 Å². The zero-order chi connectivity index (χ0) is 15.9. The minimum atomic E-state index is -1.20. The third-order valence-corrected chi connectivity index (χ3v) is 4.06. The van der Waals surface area contributed by atoms with Crippen molar-refractivity contribution in [2.24, 2.45) is 0 Å². The molecule has 1 aromatic carbocycles. The van der Waals surface area contributed by atoms with Crippen molar-refractivity contribution < 1.29 is 14.0 Å². The summed E-state index contributed by atoms with van der Waals surface area (Å²) in [4.78, 5) is 40.5. The molecule has 6 nitrogen and oxygen atoms in total. The summed E-state index contributed by atoms with van der Waals surface area (Å²) in [6.07, 6.45) is 2.31. The van der Waals surface area contributed by atoms with Crippen molar-refractivity contribution in [1.29, 1.82) is 0 Å². The van der Waals surface area contributed by atoms with Crippen LogP contribution in [0.3, 0.4) is 0 Å². The number of amides is 2. The SMILES string of the molecule is CC1(n2cnc3cc(F)ccc3c2=O)CCCC(=O)NC1=O. The van der Waals surface area contributed by atoms with Crippen molar-refractivity contribution in [2.75, 3.05) is 0 Å². The van der Waals surface area contributed by atoms with Gasteiger partial charge in [0.2, 0.25) is 5.91 Å². The Hall–Kier alpha value is -2.57. The Morgan fingerprint density at radius 1 is 1.32 bits per heavy atom. The number of benzene rings is 1. The van der Waals surface area contributed by atoms with Gasteiger partial charge in [-0.2, -0.15) is 0 Å². The molecule has 1 aliphatic rings. The molecule has 0 saturated carbocycles. The highest BCUT2D eigenvalue weighted by atomic mass is 19.1. The van der Waals surface area contributed by atoms with E-state index in [0.717, 1.165) is 0 Å². The number of imide groups is 1. The number of carbonyl (C=O) groups excluding carboxylic acids is 2. The van der Waals surface area contributed by atoms with Crippen LogP contribution in [0.4, 0.5) is 4.39 Å². The monoisotopic (exact) mass is 303 g/mol. The van der Waals surface area contributed by atoms with E-state index in [1.54, 1.807) is 6.92 Å². The van der Waals surface area contributed by atoms with Gasteiger partial charge in [-0.3, -0.25) is 24.3 Å². The van der Waals surface area contributed by atoms with E-state index in [9.17, 15) is 18.8 Å². The van der Waals surface area contributed by atoms with E-state index >= 15 is 0 Å². The van der Waals surface area contributed by atoms with Gasteiger partial charge in [-0.15, -0.1) is 0 Å². The predicted molar refractivity (Wildman–Crippen MR) is 76.6 cm³/mol. The van der Waals surface area contributed by atoms with E-state index in [0.29, 0.717) is 12.8 Å². The van der Waals surface area contributed by atoms with Gasteiger partial charge in [-0.1, -0.05) is 0 Å². The van der Waals surface area contributed by atoms with Crippen LogP contribution < -0.4 is 10.9 Å². The lowest BCUT2D eigenvalue weighted by atomic mass is 9.94. The molecule has 1 fully saturated rings. The molecule has 0 bridgehead atoms. The number of fused-ring (bicyclic) bond motifs is 1. The highest BCUT2D eigenvalue weighted by Gasteiger charge is 2.39. The van der Waals surface area contributed by atoms with Gasteiger partial charge in [0.25, 0.3) is 11.5 Å². The van der Waals surface area contributed by atoms with Crippen LogP contribution in [0.2, 0.25) is 0 Å². The topological polar surface area (TPSA) is 81.1 Å². The second-order valence-electron chi connectivity index (χ2n) is 5.59. The number of hydrogen-bond donors (Lipinski definition) is 1. The Kier molecular flexibility index (Phi) is 3.27. The first kappa shape index (κ1) is 14.4. The first-order valence-electron chi connectivity index (χ1n) is 6.93. The molecule has 0 radical (unpaired) electrons. The molecule has 3 rings (SSSR count). The largest absolute Gasteiger partial charge is 0.294 e. The van der Waals surface area contributed by atoms with Crippen LogP contribution in [0.25, 0.3) is 10.9 Å². The summed E-state index contributed by atoms with van der Waals surface area (Å²) in [5.41, 5.74) is -1.40. The van der Waals surface area contributed by atoms with Crippen LogP contribution in [0.1, 0.15) is 26.2 Å². The van der Waals surface area contributed by atoms with Crippen LogP contribution in [0.5, 0.6) is 0 Å². The molecule has 1 aliphatic heterocycles. The minimum Gasteiger partial charge on any atom is -0.294 e. The lowest BCUT2D eigenvalue weighted by molar-refractivity contribution is -0.134. The summed E-state index contributed by atoms with van der Waals surface area (Å²) in [7, 11) is 0. The van der Waals surface area contributed by atoms with E-state index in [1.165, 1.54) is 29.1 Å². The molecule has 0 spiro atoms. The third-order valence-electron chi connectivity index (χ3n) is 4.06. The summed E-state index contributed by atoms with van der Waals surface area (Å²) in [5, 5.41) is 2.52. The van der Waals surface area contributed by atoms with Crippen LogP contribution >= 0.6 is 0 Å². The van der Waals surface area contributed by atoms with E-state index in [-0.39, 0.29) is 23.2 Å². The number of halogens is 1. The van der Waals surface area contributed by atoms with Gasteiger partial charge in [-0.05, 0) is 31.9 Å². The number of rotatable bonds is 1. The lowest BCUT2D eigenvalue weighted by Gasteiger charge is -2.28. The van der Waals surface area contributed by atoms with Crippen LogP contribution in [-0.4, -0.2) is 21.4 Å². The van der Waals surface area contributed by atoms with Crippen molar-refractivity contribution >= 4 is 22.7 Å². The van der Waals surface area contributed by atoms with Crippen molar-refractivity contribution in [1.82, 2.24) is 14.9 Å². The maximum Gasteiger partial charge on any atom is 0.262 e. The van der Waals surface area contributed by atoms with Crippen LogP contribution in [0.15, 0.2) is 29.3 Å². The summed E-state index contributed by atoms with van der Waals surface area (Å²) in [6.45, 7) is 1.60. The van der Waals surface area contributed by atoms with Gasteiger partial charge in [0.05, 0.1) is 17.2 Å². The van der Waals surface area contributed by atoms with Crippen molar-refractivity contribution in [2.45, 2.75) is 31.7 Å². The minimum absolute atomic E-state index is 0.230. The molecule has 1 aromatic heterocycles. The Morgan fingerprint density at radius 3 is 2.86 bits per heavy atom. The quantitative estimate of drug-likeness (QED) is 0.799. The fraction of sp³-hybridized carbons (Fsp3) is 0.333. The van der Waals surface area contributed by atoms with Crippen LogP contribution in [0, 0.1) is 5.82 Å². The van der Waals surface area contributed by atoms with Crippen molar-refractivity contribution in [3.8, 4) is 0 Å². The lowest BCUT2D eigenvalue weighted by Crippen LogP contribution is -2.50. The molecular formula is C15H14FN3O3. The second kappa shape index (κ2) is 5.01. The van der Waals surface area contributed by atoms with E-state index < -0.39 is 22.8 Å². The highest BCUT2D eigenvalue weighted by molar-refractivity contribution is 5.99. The number of nitrogens with zero attached hydrogens (tertiary/aromatic N) is 2. The second-order valence-corrected chi connectivity index (χ2v) is 5.59. The number of aromatic nitrogens is 2. The first-order valence-corrected chi connectivity index (χ1v) is 6.93. The fourth-order valence-electron chi connectivity index (χ4n) is 2.71. The predicted octanol–water partition coefficient (Wildman–Crippen LogP) is 1.08. The molecular weight excluding hydrogens is 289 g/mol. The number of hydrogen-bond acceptors (Lipinski definition) is 4. The average molecular weight is 303 g/mol. The maximum absolute atomic E-state index is 13.2. The van der Waals surface area contributed by atoms with E-state index in [2.05, 4.69) is 10.3 Å². The number of nitrogens with one attached hydrogen (secondary N) is 1. The zero-order valence-corrected chi connectivity index (χ0v) is 11.9. The molecule has 22 heavy (non-hydrogen) atoms. The molecule has 7 heteroatoms. The van der Waals surface area contributed by atoms with Gasteiger partial charge in [0.15, 0.2) is 0 Å². The Balaban J connectivity index is 2.18.